The number of piperidine rings is 1. The van der Waals surface area contributed by atoms with Gasteiger partial charge in [-0.3, -0.25) is 9.59 Å². The summed E-state index contributed by atoms with van der Waals surface area (Å²) in [6.07, 6.45) is -3.37. The van der Waals surface area contributed by atoms with E-state index in [-0.39, 0.29) is 24.1 Å². The van der Waals surface area contributed by atoms with E-state index in [9.17, 15) is 22.8 Å². The average Bonchev–Trinajstić information content (AvgIpc) is 2.48. The number of hydrogen-bond donors (Lipinski definition) is 3. The number of alkyl halides is 3. The van der Waals surface area contributed by atoms with Crippen LogP contribution in [-0.4, -0.2) is 31.4 Å². The van der Waals surface area contributed by atoms with E-state index in [0.29, 0.717) is 25.9 Å². The van der Waals surface area contributed by atoms with Crippen molar-refractivity contribution < 1.29 is 27.7 Å². The minimum Gasteiger partial charge on any atom is -0.369 e. The number of benzene rings is 1. The first kappa shape index (κ1) is 18.5. The normalized spacial score (nSPS) is 21.3. The highest BCUT2D eigenvalue weighted by atomic mass is 35.5. The van der Waals surface area contributed by atoms with E-state index in [1.54, 1.807) is 0 Å². The molecule has 1 aromatic carbocycles. The van der Waals surface area contributed by atoms with Gasteiger partial charge in [0, 0.05) is 24.4 Å². The molecule has 9 heteroatoms. The highest BCUT2D eigenvalue weighted by molar-refractivity contribution is 6.31. The molecule has 4 N–H and O–H groups in total. The van der Waals surface area contributed by atoms with E-state index >= 15 is 0 Å². The van der Waals surface area contributed by atoms with Crippen LogP contribution in [0.15, 0.2) is 18.2 Å². The van der Waals surface area contributed by atoms with Crippen LogP contribution in [0.3, 0.4) is 0 Å². The Labute approximate surface area is 141 Å². The molecule has 1 fully saturated rings. The van der Waals surface area contributed by atoms with Gasteiger partial charge in [0.1, 0.15) is 0 Å². The largest absolute Gasteiger partial charge is 0.417 e. The molecule has 0 bridgehead atoms. The number of primary amides is 1. The van der Waals surface area contributed by atoms with Crippen molar-refractivity contribution in [1.82, 2.24) is 0 Å². The van der Waals surface area contributed by atoms with E-state index in [0.717, 1.165) is 17.0 Å². The molecule has 0 saturated carbocycles. The zero-order valence-corrected chi connectivity index (χ0v) is 13.5. The van der Waals surface area contributed by atoms with Gasteiger partial charge in [0.25, 0.3) is 5.91 Å². The second kappa shape index (κ2) is 7.40. The summed E-state index contributed by atoms with van der Waals surface area (Å²) in [5, 5.41) is 2.04. The predicted octanol–water partition coefficient (Wildman–Crippen LogP) is 1.08. The topological polar surface area (TPSA) is 76.6 Å². The maximum absolute atomic E-state index is 12.8. The number of carbonyl (C=O) groups is 2. The van der Waals surface area contributed by atoms with Crippen molar-refractivity contribution in [2.24, 2.45) is 11.7 Å². The van der Waals surface area contributed by atoms with Gasteiger partial charge in [0.05, 0.1) is 23.7 Å². The fraction of sp³-hybridized carbons (Fsp3) is 0.467. The van der Waals surface area contributed by atoms with Crippen LogP contribution in [0.5, 0.6) is 0 Å². The van der Waals surface area contributed by atoms with E-state index in [4.69, 9.17) is 17.3 Å². The zero-order chi connectivity index (χ0) is 17.9. The lowest BCUT2D eigenvalue weighted by atomic mass is 9.96. The van der Waals surface area contributed by atoms with Crippen LogP contribution in [0.1, 0.15) is 18.4 Å². The molecule has 132 valence electrons. The molecule has 1 heterocycles. The number of rotatable bonds is 4. The van der Waals surface area contributed by atoms with Crippen LogP contribution >= 0.6 is 11.6 Å². The number of likely N-dealkylation sites (tertiary alicyclic amines) is 1. The summed E-state index contributed by atoms with van der Waals surface area (Å²) < 4.78 is 38.4. The lowest BCUT2D eigenvalue weighted by Crippen LogP contribution is -3.14. The van der Waals surface area contributed by atoms with E-state index in [1.807, 2.05) is 0 Å². The van der Waals surface area contributed by atoms with Gasteiger partial charge >= 0.3 is 6.18 Å². The Morgan fingerprint density at radius 2 is 1.92 bits per heavy atom. The fourth-order valence-electron chi connectivity index (χ4n) is 2.74. The first-order valence-corrected chi connectivity index (χ1v) is 7.84. The van der Waals surface area contributed by atoms with Crippen LogP contribution in [0.4, 0.5) is 18.9 Å². The maximum atomic E-state index is 12.8. The summed E-state index contributed by atoms with van der Waals surface area (Å²) in [6.45, 7) is 1.36. The molecular formula is C15H18ClF3N3O2+. The molecule has 5 nitrogen and oxygen atoms in total. The summed E-state index contributed by atoms with van der Waals surface area (Å²) >= 11 is 5.54. The quantitative estimate of drug-likeness (QED) is 0.747. The first-order valence-electron chi connectivity index (χ1n) is 7.46. The lowest BCUT2D eigenvalue weighted by Gasteiger charge is -2.27. The van der Waals surface area contributed by atoms with Crippen LogP contribution in [0.2, 0.25) is 5.02 Å². The predicted molar refractivity (Wildman–Crippen MR) is 82.6 cm³/mol. The third-order valence-corrected chi connectivity index (χ3v) is 4.39. The van der Waals surface area contributed by atoms with Gasteiger partial charge in [0.2, 0.25) is 5.91 Å². The molecular weight excluding hydrogens is 347 g/mol. The van der Waals surface area contributed by atoms with Crippen molar-refractivity contribution in [1.29, 1.82) is 0 Å². The molecule has 1 aromatic rings. The van der Waals surface area contributed by atoms with Crippen molar-refractivity contribution in [3.63, 3.8) is 0 Å². The van der Waals surface area contributed by atoms with Crippen molar-refractivity contribution in [2.45, 2.75) is 19.0 Å². The van der Waals surface area contributed by atoms with Gasteiger partial charge in [-0.1, -0.05) is 11.6 Å². The second-order valence-electron chi connectivity index (χ2n) is 5.84. The third kappa shape index (κ3) is 4.85. The highest BCUT2D eigenvalue weighted by Gasteiger charge is 2.33. The molecule has 0 atom stereocenters. The average molecular weight is 365 g/mol. The molecule has 1 aliphatic rings. The van der Waals surface area contributed by atoms with E-state index in [2.05, 4.69) is 5.32 Å². The SMILES string of the molecule is NC(=O)C1CC[NH+](CC(=O)Nc2ccc(Cl)c(C(F)(F)F)c2)CC1. The van der Waals surface area contributed by atoms with Crippen LogP contribution in [-0.2, 0) is 15.8 Å². The molecule has 2 rings (SSSR count). The van der Waals surface area contributed by atoms with Gasteiger partial charge in [-0.25, -0.2) is 0 Å². The summed E-state index contributed by atoms with van der Waals surface area (Å²) in [5.41, 5.74) is 4.30. The van der Waals surface area contributed by atoms with E-state index < -0.39 is 22.7 Å². The van der Waals surface area contributed by atoms with Crippen LogP contribution < -0.4 is 16.0 Å². The highest BCUT2D eigenvalue weighted by Crippen LogP contribution is 2.36. The number of nitrogens with two attached hydrogens (primary N) is 1. The summed E-state index contributed by atoms with van der Waals surface area (Å²) in [5.74, 6) is -0.889. The minimum absolute atomic E-state index is 0.0446. The van der Waals surface area contributed by atoms with Crippen LogP contribution in [0.25, 0.3) is 0 Å². The van der Waals surface area contributed by atoms with Crippen molar-refractivity contribution >= 4 is 29.1 Å². The Morgan fingerprint density at radius 1 is 1.29 bits per heavy atom. The molecule has 0 unspecified atom stereocenters. The Morgan fingerprint density at radius 3 is 2.46 bits per heavy atom. The van der Waals surface area contributed by atoms with Crippen molar-refractivity contribution in [3.8, 4) is 0 Å². The summed E-state index contributed by atoms with van der Waals surface area (Å²) in [4.78, 5) is 24.1. The Hall–Kier alpha value is -1.80. The lowest BCUT2D eigenvalue weighted by molar-refractivity contribution is -0.897. The Kier molecular flexibility index (Phi) is 5.71. The number of halogens is 4. The van der Waals surface area contributed by atoms with Gasteiger partial charge in [-0.2, -0.15) is 13.2 Å². The number of anilines is 1. The number of nitrogens with one attached hydrogen (secondary N) is 2. The maximum Gasteiger partial charge on any atom is 0.417 e. The van der Waals surface area contributed by atoms with Gasteiger partial charge in [0.15, 0.2) is 6.54 Å². The summed E-state index contributed by atoms with van der Waals surface area (Å²) in [6, 6.07) is 3.24. The van der Waals surface area contributed by atoms with E-state index in [1.165, 1.54) is 6.07 Å². The number of carbonyl (C=O) groups excluding carboxylic acids is 2. The molecule has 1 saturated heterocycles. The summed E-state index contributed by atoms with van der Waals surface area (Å²) in [7, 11) is 0. The number of hydrogen-bond acceptors (Lipinski definition) is 2. The molecule has 0 aliphatic carbocycles. The standard InChI is InChI=1S/C15H17ClF3N3O2/c16-12-2-1-10(7-11(12)15(17,18)19)21-13(23)8-22-5-3-9(4-6-22)14(20)24/h1-2,7,9H,3-6,8H2,(H2,20,24)(H,21,23)/p+1. The minimum atomic E-state index is -4.58. The number of quaternary nitrogens is 1. The molecule has 1 aliphatic heterocycles. The fourth-order valence-corrected chi connectivity index (χ4v) is 2.96. The zero-order valence-electron chi connectivity index (χ0n) is 12.8. The third-order valence-electron chi connectivity index (χ3n) is 4.06. The van der Waals surface area contributed by atoms with Crippen molar-refractivity contribution in [2.75, 3.05) is 25.0 Å². The molecule has 0 spiro atoms. The van der Waals surface area contributed by atoms with Gasteiger partial charge in [-0.15, -0.1) is 0 Å². The van der Waals surface area contributed by atoms with Crippen molar-refractivity contribution in [3.05, 3.63) is 28.8 Å². The molecule has 0 radical (unpaired) electrons. The Bertz CT molecular complexity index is 629. The first-order chi connectivity index (χ1) is 11.2. The molecule has 2 amide bonds. The van der Waals surface area contributed by atoms with Gasteiger partial charge < -0.3 is 16.0 Å². The monoisotopic (exact) mass is 364 g/mol. The van der Waals surface area contributed by atoms with Crippen LogP contribution in [0, 0.1) is 5.92 Å². The number of amides is 2. The smallest absolute Gasteiger partial charge is 0.369 e. The van der Waals surface area contributed by atoms with Gasteiger partial charge in [-0.05, 0) is 18.2 Å². The molecule has 0 aromatic heterocycles. The Balaban J connectivity index is 1.93. The second-order valence-corrected chi connectivity index (χ2v) is 6.25. The molecule has 24 heavy (non-hydrogen) atoms.